The standard InChI is InChI=1S/C21H28N4O3S/c1-3-25(4-2)29(27,28)19-10-11-20(22-16-19)24-14-12-18(13-15-24)23-21(26)17-8-6-5-7-9-17/h5-11,16,18H,3-4,12-15H2,1-2H3,(H,23,26). The molecule has 1 saturated heterocycles. The normalized spacial score (nSPS) is 15.5. The van der Waals surface area contributed by atoms with E-state index in [9.17, 15) is 13.2 Å². The molecule has 1 aromatic carbocycles. The minimum absolute atomic E-state index is 0.0480. The summed E-state index contributed by atoms with van der Waals surface area (Å²) in [5.74, 6) is 0.712. The zero-order valence-corrected chi connectivity index (χ0v) is 17.7. The number of pyridine rings is 1. The van der Waals surface area contributed by atoms with E-state index in [1.807, 2.05) is 44.2 Å². The number of piperidine rings is 1. The minimum atomic E-state index is -3.49. The molecule has 1 N–H and O–H groups in total. The van der Waals surface area contributed by atoms with E-state index in [2.05, 4.69) is 15.2 Å². The SMILES string of the molecule is CCN(CC)S(=O)(=O)c1ccc(N2CCC(NC(=O)c3ccccc3)CC2)nc1. The number of hydrogen-bond donors (Lipinski definition) is 1. The minimum Gasteiger partial charge on any atom is -0.356 e. The lowest BCUT2D eigenvalue weighted by atomic mass is 10.0. The molecule has 0 bridgehead atoms. The maximum atomic E-state index is 12.6. The number of amides is 1. The number of nitrogens with zero attached hydrogens (tertiary/aromatic N) is 3. The molecule has 8 heteroatoms. The Morgan fingerprint density at radius 3 is 2.31 bits per heavy atom. The molecule has 0 spiro atoms. The number of benzene rings is 1. The summed E-state index contributed by atoms with van der Waals surface area (Å²) < 4.78 is 26.6. The lowest BCUT2D eigenvalue weighted by Gasteiger charge is -2.33. The molecule has 0 unspecified atom stereocenters. The van der Waals surface area contributed by atoms with Crippen molar-refractivity contribution in [2.75, 3.05) is 31.1 Å². The van der Waals surface area contributed by atoms with Crippen LogP contribution in [0.25, 0.3) is 0 Å². The Bertz CT molecular complexity index is 905. The highest BCUT2D eigenvalue weighted by atomic mass is 32.2. The Labute approximate surface area is 172 Å². The van der Waals surface area contributed by atoms with Crippen molar-refractivity contribution in [3.05, 3.63) is 54.2 Å². The second kappa shape index (κ2) is 9.37. The van der Waals surface area contributed by atoms with Crippen LogP contribution in [0.15, 0.2) is 53.6 Å². The highest BCUT2D eigenvalue weighted by molar-refractivity contribution is 7.89. The fourth-order valence-corrected chi connectivity index (χ4v) is 4.94. The fraction of sp³-hybridized carbons (Fsp3) is 0.429. The summed E-state index contributed by atoms with van der Waals surface area (Å²) in [7, 11) is -3.49. The molecule has 3 rings (SSSR count). The van der Waals surface area contributed by atoms with Gasteiger partial charge in [0.25, 0.3) is 5.91 Å². The van der Waals surface area contributed by atoms with Crippen molar-refractivity contribution in [1.29, 1.82) is 0 Å². The molecule has 2 heterocycles. The van der Waals surface area contributed by atoms with Crippen LogP contribution in [0.1, 0.15) is 37.0 Å². The van der Waals surface area contributed by atoms with Gasteiger partial charge in [0.2, 0.25) is 10.0 Å². The highest BCUT2D eigenvalue weighted by Crippen LogP contribution is 2.21. The number of carbonyl (C=O) groups excluding carboxylic acids is 1. The van der Waals surface area contributed by atoms with Gasteiger partial charge in [0, 0.05) is 44.0 Å². The van der Waals surface area contributed by atoms with Crippen LogP contribution in [0.2, 0.25) is 0 Å². The molecule has 0 radical (unpaired) electrons. The van der Waals surface area contributed by atoms with Crippen LogP contribution < -0.4 is 10.2 Å². The monoisotopic (exact) mass is 416 g/mol. The van der Waals surface area contributed by atoms with Crippen LogP contribution in [0.5, 0.6) is 0 Å². The predicted molar refractivity (Wildman–Crippen MR) is 113 cm³/mol. The van der Waals surface area contributed by atoms with E-state index in [0.717, 1.165) is 31.7 Å². The molecule has 1 fully saturated rings. The molecule has 156 valence electrons. The first-order valence-corrected chi connectivity index (χ1v) is 11.5. The second-order valence-corrected chi connectivity index (χ2v) is 8.98. The van der Waals surface area contributed by atoms with Crippen LogP contribution in [0.4, 0.5) is 5.82 Å². The van der Waals surface area contributed by atoms with Crippen molar-refractivity contribution < 1.29 is 13.2 Å². The first kappa shape index (κ1) is 21.3. The van der Waals surface area contributed by atoms with E-state index in [0.29, 0.717) is 18.7 Å². The summed E-state index contributed by atoms with van der Waals surface area (Å²) in [6, 6.07) is 12.7. The molecule has 0 atom stereocenters. The van der Waals surface area contributed by atoms with Crippen molar-refractivity contribution >= 4 is 21.7 Å². The number of sulfonamides is 1. The molecule has 0 saturated carbocycles. The number of anilines is 1. The van der Waals surface area contributed by atoms with Gasteiger partial charge in [0.05, 0.1) is 0 Å². The Hall–Kier alpha value is -2.45. The van der Waals surface area contributed by atoms with Gasteiger partial charge in [0.1, 0.15) is 10.7 Å². The number of rotatable bonds is 7. The van der Waals surface area contributed by atoms with Crippen molar-refractivity contribution in [1.82, 2.24) is 14.6 Å². The molecular weight excluding hydrogens is 388 g/mol. The lowest BCUT2D eigenvalue weighted by molar-refractivity contribution is 0.0931. The predicted octanol–water partition coefficient (Wildman–Crippen LogP) is 2.51. The second-order valence-electron chi connectivity index (χ2n) is 7.04. The Morgan fingerprint density at radius 2 is 1.76 bits per heavy atom. The van der Waals surface area contributed by atoms with Crippen LogP contribution in [-0.4, -0.2) is 55.8 Å². The van der Waals surface area contributed by atoms with Crippen LogP contribution >= 0.6 is 0 Å². The summed E-state index contributed by atoms with van der Waals surface area (Å²) in [5, 5.41) is 3.09. The maximum Gasteiger partial charge on any atom is 0.251 e. The molecule has 1 aliphatic rings. The molecular formula is C21H28N4O3S. The van der Waals surface area contributed by atoms with Gasteiger partial charge in [0.15, 0.2) is 0 Å². The smallest absolute Gasteiger partial charge is 0.251 e. The molecule has 1 aliphatic heterocycles. The van der Waals surface area contributed by atoms with Crippen molar-refractivity contribution in [2.24, 2.45) is 0 Å². The molecule has 29 heavy (non-hydrogen) atoms. The van der Waals surface area contributed by atoms with E-state index in [1.165, 1.54) is 10.5 Å². The van der Waals surface area contributed by atoms with E-state index < -0.39 is 10.0 Å². The van der Waals surface area contributed by atoms with E-state index in [1.54, 1.807) is 12.1 Å². The average Bonchev–Trinajstić information content (AvgIpc) is 2.75. The zero-order chi connectivity index (χ0) is 20.9. The van der Waals surface area contributed by atoms with Crippen molar-refractivity contribution in [2.45, 2.75) is 37.6 Å². The molecule has 2 aromatic rings. The number of nitrogens with one attached hydrogen (secondary N) is 1. The molecule has 0 aliphatic carbocycles. The summed E-state index contributed by atoms with van der Waals surface area (Å²) in [5.41, 5.74) is 0.668. The van der Waals surface area contributed by atoms with Crippen LogP contribution in [-0.2, 0) is 10.0 Å². The van der Waals surface area contributed by atoms with Gasteiger partial charge in [-0.2, -0.15) is 4.31 Å². The van der Waals surface area contributed by atoms with Gasteiger partial charge in [-0.1, -0.05) is 32.0 Å². The largest absolute Gasteiger partial charge is 0.356 e. The van der Waals surface area contributed by atoms with Crippen molar-refractivity contribution in [3.63, 3.8) is 0 Å². The highest BCUT2D eigenvalue weighted by Gasteiger charge is 2.24. The third-order valence-electron chi connectivity index (χ3n) is 5.25. The van der Waals surface area contributed by atoms with Gasteiger partial charge >= 0.3 is 0 Å². The third kappa shape index (κ3) is 4.94. The molecule has 1 aromatic heterocycles. The number of aromatic nitrogens is 1. The van der Waals surface area contributed by atoms with Gasteiger partial charge in [-0.05, 0) is 37.1 Å². The lowest BCUT2D eigenvalue weighted by Crippen LogP contribution is -2.45. The van der Waals surface area contributed by atoms with Crippen LogP contribution in [0.3, 0.4) is 0 Å². The summed E-state index contributed by atoms with van der Waals surface area (Å²) in [6.07, 6.45) is 3.08. The average molecular weight is 417 g/mol. The molecule has 1 amide bonds. The summed E-state index contributed by atoms with van der Waals surface area (Å²) in [6.45, 7) is 6.03. The van der Waals surface area contributed by atoms with Gasteiger partial charge in [-0.15, -0.1) is 0 Å². The van der Waals surface area contributed by atoms with Gasteiger partial charge < -0.3 is 10.2 Å². The topological polar surface area (TPSA) is 82.6 Å². The van der Waals surface area contributed by atoms with E-state index in [-0.39, 0.29) is 16.8 Å². The Morgan fingerprint density at radius 1 is 1.10 bits per heavy atom. The van der Waals surface area contributed by atoms with Gasteiger partial charge in [-0.3, -0.25) is 4.79 Å². The Balaban J connectivity index is 1.58. The first-order chi connectivity index (χ1) is 14.0. The molecule has 7 nitrogen and oxygen atoms in total. The quantitative estimate of drug-likeness (QED) is 0.750. The van der Waals surface area contributed by atoms with E-state index in [4.69, 9.17) is 0 Å². The van der Waals surface area contributed by atoms with Gasteiger partial charge in [-0.25, -0.2) is 13.4 Å². The Kier molecular flexibility index (Phi) is 6.87. The zero-order valence-electron chi connectivity index (χ0n) is 16.9. The fourth-order valence-electron chi connectivity index (χ4n) is 3.54. The van der Waals surface area contributed by atoms with E-state index >= 15 is 0 Å². The number of hydrogen-bond acceptors (Lipinski definition) is 5. The van der Waals surface area contributed by atoms with Crippen molar-refractivity contribution in [3.8, 4) is 0 Å². The third-order valence-corrected chi connectivity index (χ3v) is 7.29. The summed E-state index contributed by atoms with van der Waals surface area (Å²) in [4.78, 5) is 19.0. The van der Waals surface area contributed by atoms with Crippen LogP contribution in [0, 0.1) is 0 Å². The number of carbonyl (C=O) groups is 1. The first-order valence-electron chi connectivity index (χ1n) is 10.0. The maximum absolute atomic E-state index is 12.6. The summed E-state index contributed by atoms with van der Waals surface area (Å²) >= 11 is 0.